The highest BCUT2D eigenvalue weighted by molar-refractivity contribution is 7.98. The topological polar surface area (TPSA) is 102 Å². The molecule has 0 radical (unpaired) electrons. The van der Waals surface area contributed by atoms with Gasteiger partial charge in [0.2, 0.25) is 0 Å². The molecule has 2 aliphatic rings. The number of nitrogens with zero attached hydrogens (tertiary/aromatic N) is 6. The standard InChI is InChI=1S/C25H26Cl2F3N7O2S/c1-35(2)23(38)21-20(27)17-10-36(5-4-6-37(17)34-21)22-14-11-40-18(9-16(14)32-24(33-22)39-3)13-7-12(31)8-15(26)19(13)25(28,29)30/h7-8,18H,4-6,9-11,31H2,1-3H3. The minimum atomic E-state index is -4.64. The molecule has 2 aliphatic heterocycles. The Morgan fingerprint density at radius 1 is 1.23 bits per heavy atom. The van der Waals surface area contributed by atoms with Crippen LogP contribution in [0.3, 0.4) is 0 Å². The van der Waals surface area contributed by atoms with Gasteiger partial charge in [0, 0.05) is 55.9 Å². The number of nitrogen functional groups attached to an aromatic ring is 1. The van der Waals surface area contributed by atoms with E-state index in [2.05, 4.69) is 15.1 Å². The van der Waals surface area contributed by atoms with Gasteiger partial charge in [-0.05, 0) is 24.1 Å². The van der Waals surface area contributed by atoms with Gasteiger partial charge in [0.05, 0.1) is 40.7 Å². The number of aryl methyl sites for hydroxylation is 1. The Morgan fingerprint density at radius 2 is 1.98 bits per heavy atom. The molecule has 1 aromatic carbocycles. The third-order valence-corrected chi connectivity index (χ3v) is 8.83. The second-order valence-corrected chi connectivity index (χ2v) is 11.7. The second-order valence-electron chi connectivity index (χ2n) is 9.73. The maximum absolute atomic E-state index is 14.0. The van der Waals surface area contributed by atoms with E-state index >= 15 is 0 Å². The summed E-state index contributed by atoms with van der Waals surface area (Å²) in [6.45, 7) is 1.50. The van der Waals surface area contributed by atoms with E-state index < -0.39 is 22.0 Å². The summed E-state index contributed by atoms with van der Waals surface area (Å²) in [6.07, 6.45) is -3.74. The fourth-order valence-electron chi connectivity index (χ4n) is 5.00. The molecule has 9 nitrogen and oxygen atoms in total. The molecule has 2 aromatic heterocycles. The first-order chi connectivity index (χ1) is 18.9. The lowest BCUT2D eigenvalue weighted by Gasteiger charge is -2.31. The number of amides is 1. The number of halogens is 5. The molecule has 2 N–H and O–H groups in total. The number of ether oxygens (including phenoxy) is 1. The summed E-state index contributed by atoms with van der Waals surface area (Å²) in [5.41, 5.74) is 7.44. The lowest BCUT2D eigenvalue weighted by Crippen LogP contribution is -2.27. The van der Waals surface area contributed by atoms with Gasteiger partial charge in [-0.2, -0.15) is 28.2 Å². The molecule has 0 saturated carbocycles. The molecule has 214 valence electrons. The number of carbonyl (C=O) groups is 1. The van der Waals surface area contributed by atoms with Crippen LogP contribution in [0.15, 0.2) is 12.1 Å². The van der Waals surface area contributed by atoms with Gasteiger partial charge >= 0.3 is 12.2 Å². The number of benzene rings is 1. The summed E-state index contributed by atoms with van der Waals surface area (Å²) >= 11 is 14.0. The normalized spacial score (nSPS) is 17.2. The molecule has 40 heavy (non-hydrogen) atoms. The second kappa shape index (κ2) is 10.8. The lowest BCUT2D eigenvalue weighted by atomic mass is 9.98. The molecule has 0 aliphatic carbocycles. The lowest BCUT2D eigenvalue weighted by molar-refractivity contribution is -0.138. The van der Waals surface area contributed by atoms with Gasteiger partial charge in [0.15, 0.2) is 5.69 Å². The molecule has 4 heterocycles. The van der Waals surface area contributed by atoms with Crippen molar-refractivity contribution in [3.8, 4) is 6.01 Å². The summed E-state index contributed by atoms with van der Waals surface area (Å²) in [5.74, 6) is 0.679. The molecule has 0 saturated heterocycles. The van der Waals surface area contributed by atoms with Crippen molar-refractivity contribution in [2.75, 3.05) is 38.4 Å². The number of rotatable bonds is 4. The van der Waals surface area contributed by atoms with E-state index in [9.17, 15) is 18.0 Å². The van der Waals surface area contributed by atoms with Crippen molar-refractivity contribution in [2.24, 2.45) is 0 Å². The van der Waals surface area contributed by atoms with Crippen LogP contribution >= 0.6 is 35.0 Å². The van der Waals surface area contributed by atoms with E-state index in [0.29, 0.717) is 49.0 Å². The molecule has 5 rings (SSSR count). The molecule has 0 bridgehead atoms. The van der Waals surface area contributed by atoms with Gasteiger partial charge < -0.3 is 20.3 Å². The van der Waals surface area contributed by atoms with Crippen LogP contribution in [0.1, 0.15) is 50.2 Å². The van der Waals surface area contributed by atoms with Crippen molar-refractivity contribution >= 4 is 52.4 Å². The first-order valence-electron chi connectivity index (χ1n) is 12.3. The van der Waals surface area contributed by atoms with Crippen LogP contribution in [0.25, 0.3) is 0 Å². The summed E-state index contributed by atoms with van der Waals surface area (Å²) in [6, 6.07) is 2.56. The fourth-order valence-corrected chi connectivity index (χ4v) is 6.92. The summed E-state index contributed by atoms with van der Waals surface area (Å²) in [7, 11) is 4.71. The zero-order chi connectivity index (χ0) is 28.9. The van der Waals surface area contributed by atoms with E-state index in [1.165, 1.54) is 29.8 Å². The van der Waals surface area contributed by atoms with E-state index in [4.69, 9.17) is 33.7 Å². The Labute approximate surface area is 242 Å². The number of aromatic nitrogens is 4. The van der Waals surface area contributed by atoms with Crippen LogP contribution in [0.2, 0.25) is 10.0 Å². The maximum Gasteiger partial charge on any atom is 0.418 e. The zero-order valence-corrected chi connectivity index (χ0v) is 24.2. The van der Waals surface area contributed by atoms with E-state index in [0.717, 1.165) is 11.6 Å². The Hall–Kier alpha value is -2.90. The van der Waals surface area contributed by atoms with Gasteiger partial charge in [0.25, 0.3) is 5.91 Å². The highest BCUT2D eigenvalue weighted by Crippen LogP contribution is 2.49. The average molecular weight is 616 g/mol. The molecule has 0 spiro atoms. The number of carbonyl (C=O) groups excluding carboxylic acids is 1. The van der Waals surface area contributed by atoms with Crippen LogP contribution < -0.4 is 15.4 Å². The number of fused-ring (bicyclic) bond motifs is 2. The molecule has 15 heteroatoms. The Bertz CT molecular complexity index is 1480. The molecular formula is C25H26Cl2F3N7O2S. The highest BCUT2D eigenvalue weighted by Gasteiger charge is 2.40. The van der Waals surface area contributed by atoms with Crippen LogP contribution in [0, 0.1) is 0 Å². The van der Waals surface area contributed by atoms with Gasteiger partial charge in [-0.25, -0.2) is 0 Å². The van der Waals surface area contributed by atoms with Gasteiger partial charge in [-0.3, -0.25) is 9.48 Å². The molecular weight excluding hydrogens is 590 g/mol. The third kappa shape index (κ3) is 5.26. The largest absolute Gasteiger partial charge is 0.467 e. The van der Waals surface area contributed by atoms with Crippen molar-refractivity contribution in [3.05, 3.63) is 56.0 Å². The molecule has 3 aromatic rings. The van der Waals surface area contributed by atoms with Crippen molar-refractivity contribution in [3.63, 3.8) is 0 Å². The number of alkyl halides is 3. The fraction of sp³-hybridized carbons (Fsp3) is 0.440. The van der Waals surface area contributed by atoms with Gasteiger partial charge in [-0.1, -0.05) is 23.2 Å². The number of thioether (sulfide) groups is 1. The van der Waals surface area contributed by atoms with Crippen LogP contribution in [-0.4, -0.2) is 58.3 Å². The van der Waals surface area contributed by atoms with Crippen molar-refractivity contribution in [2.45, 2.75) is 43.1 Å². The zero-order valence-electron chi connectivity index (χ0n) is 21.8. The van der Waals surface area contributed by atoms with Gasteiger partial charge in [-0.15, -0.1) is 11.8 Å². The minimum absolute atomic E-state index is 0.0239. The number of nitrogens with two attached hydrogens (primary N) is 1. The predicted molar refractivity (Wildman–Crippen MR) is 148 cm³/mol. The molecule has 1 unspecified atom stereocenters. The van der Waals surface area contributed by atoms with Crippen LogP contribution in [0.4, 0.5) is 24.7 Å². The Kier molecular flexibility index (Phi) is 7.75. The van der Waals surface area contributed by atoms with E-state index in [1.807, 2.05) is 4.90 Å². The predicted octanol–water partition coefficient (Wildman–Crippen LogP) is 5.23. The first kappa shape index (κ1) is 28.6. The van der Waals surface area contributed by atoms with Crippen molar-refractivity contribution in [1.29, 1.82) is 0 Å². The molecule has 1 atom stereocenters. The maximum atomic E-state index is 14.0. The summed E-state index contributed by atoms with van der Waals surface area (Å²) in [5, 5.41) is 3.73. The molecule has 1 amide bonds. The SMILES string of the molecule is COc1nc2c(c(N3CCCn4nc(C(=O)N(C)C)c(Cl)c4C3)n1)CSC(c1cc(N)cc(Cl)c1C(F)(F)F)C2. The van der Waals surface area contributed by atoms with Crippen molar-refractivity contribution < 1.29 is 22.7 Å². The number of hydrogen-bond donors (Lipinski definition) is 1. The highest BCUT2D eigenvalue weighted by atomic mass is 35.5. The number of anilines is 2. The van der Waals surface area contributed by atoms with E-state index in [1.54, 1.807) is 18.8 Å². The summed E-state index contributed by atoms with van der Waals surface area (Å²) in [4.78, 5) is 25.2. The Balaban J connectivity index is 1.52. The Morgan fingerprint density at radius 3 is 2.65 bits per heavy atom. The molecule has 0 fully saturated rings. The monoisotopic (exact) mass is 615 g/mol. The van der Waals surface area contributed by atoms with E-state index in [-0.39, 0.29) is 40.3 Å². The first-order valence-corrected chi connectivity index (χ1v) is 14.1. The van der Waals surface area contributed by atoms with Gasteiger partial charge in [0.1, 0.15) is 5.82 Å². The quantitative estimate of drug-likeness (QED) is 0.398. The summed E-state index contributed by atoms with van der Waals surface area (Å²) < 4.78 is 49.1. The van der Waals surface area contributed by atoms with Crippen LogP contribution in [0.5, 0.6) is 6.01 Å². The van der Waals surface area contributed by atoms with Crippen molar-refractivity contribution in [1.82, 2.24) is 24.6 Å². The van der Waals surface area contributed by atoms with Crippen LogP contribution in [-0.2, 0) is 31.4 Å². The number of hydrogen-bond acceptors (Lipinski definition) is 8. The number of methoxy groups -OCH3 is 1. The smallest absolute Gasteiger partial charge is 0.418 e. The average Bonchev–Trinajstić information content (AvgIpc) is 3.05. The third-order valence-electron chi connectivity index (χ3n) is 6.85. The minimum Gasteiger partial charge on any atom is -0.467 e.